The Morgan fingerprint density at radius 3 is 2.77 bits per heavy atom. The maximum Gasteiger partial charge on any atom is 0.244 e. The number of hydrogen-bond acceptors (Lipinski definition) is 6. The third kappa shape index (κ3) is 4.81. The van der Waals surface area contributed by atoms with Crippen LogP contribution in [0.2, 0.25) is 0 Å². The molecule has 30 heavy (non-hydrogen) atoms. The summed E-state index contributed by atoms with van der Waals surface area (Å²) >= 11 is 1.64. The molecule has 1 saturated heterocycles. The minimum atomic E-state index is -0.120. The van der Waals surface area contributed by atoms with Crippen molar-refractivity contribution in [3.05, 3.63) is 48.2 Å². The molecule has 3 heterocycles. The lowest BCUT2D eigenvalue weighted by molar-refractivity contribution is -0.116. The van der Waals surface area contributed by atoms with E-state index in [1.54, 1.807) is 17.8 Å². The number of aromatic nitrogens is 4. The van der Waals surface area contributed by atoms with E-state index in [0.717, 1.165) is 46.4 Å². The number of benzene rings is 1. The molecule has 156 valence electrons. The molecule has 1 N–H and O–H groups in total. The number of thioether (sulfide) groups is 1. The first-order chi connectivity index (χ1) is 14.7. The van der Waals surface area contributed by atoms with Crippen molar-refractivity contribution in [3.8, 4) is 0 Å². The van der Waals surface area contributed by atoms with E-state index in [1.807, 2.05) is 47.3 Å². The molecule has 0 spiro atoms. The predicted molar refractivity (Wildman–Crippen MR) is 122 cm³/mol. The highest BCUT2D eigenvalue weighted by Crippen LogP contribution is 2.29. The van der Waals surface area contributed by atoms with Crippen molar-refractivity contribution < 1.29 is 4.79 Å². The summed E-state index contributed by atoms with van der Waals surface area (Å²) in [5.41, 5.74) is 1.83. The second-order valence-electron chi connectivity index (χ2n) is 7.10. The second-order valence-corrected chi connectivity index (χ2v) is 8.33. The number of amides is 1. The number of carbonyl (C=O) groups is 1. The molecule has 0 aliphatic carbocycles. The number of fused-ring (bicyclic) bond motifs is 1. The van der Waals surface area contributed by atoms with Crippen LogP contribution in [-0.4, -0.2) is 51.0 Å². The van der Waals surface area contributed by atoms with Gasteiger partial charge in [0, 0.05) is 25.7 Å². The van der Waals surface area contributed by atoms with Gasteiger partial charge in [0.05, 0.1) is 18.1 Å². The van der Waals surface area contributed by atoms with E-state index in [2.05, 4.69) is 22.2 Å². The summed E-state index contributed by atoms with van der Waals surface area (Å²) in [5.74, 6) is 1.78. The van der Waals surface area contributed by atoms with E-state index in [1.165, 1.54) is 12.8 Å². The fraction of sp³-hybridized carbons (Fsp3) is 0.364. The number of hydrogen-bond donors (Lipinski definition) is 1. The van der Waals surface area contributed by atoms with Gasteiger partial charge in [-0.25, -0.2) is 14.6 Å². The molecule has 8 heteroatoms. The van der Waals surface area contributed by atoms with Gasteiger partial charge in [-0.15, -0.1) is 0 Å². The van der Waals surface area contributed by atoms with Crippen molar-refractivity contribution in [1.82, 2.24) is 25.1 Å². The topological polar surface area (TPSA) is 75.9 Å². The summed E-state index contributed by atoms with van der Waals surface area (Å²) in [7, 11) is 0. The van der Waals surface area contributed by atoms with Gasteiger partial charge >= 0.3 is 0 Å². The Balaban J connectivity index is 1.45. The summed E-state index contributed by atoms with van der Waals surface area (Å²) < 4.78 is 1.86. The zero-order valence-corrected chi connectivity index (χ0v) is 17.9. The van der Waals surface area contributed by atoms with Crippen molar-refractivity contribution in [1.29, 1.82) is 0 Å². The van der Waals surface area contributed by atoms with Crippen molar-refractivity contribution in [2.45, 2.75) is 31.5 Å². The molecule has 3 aromatic rings. The highest BCUT2D eigenvalue weighted by Gasteiger charge is 2.20. The van der Waals surface area contributed by atoms with Crippen LogP contribution in [0.1, 0.15) is 25.3 Å². The molecule has 0 atom stereocenters. The van der Waals surface area contributed by atoms with Crippen molar-refractivity contribution in [2.24, 2.45) is 0 Å². The summed E-state index contributed by atoms with van der Waals surface area (Å²) in [6.07, 6.45) is 7.60. The molecule has 0 radical (unpaired) electrons. The van der Waals surface area contributed by atoms with E-state index in [-0.39, 0.29) is 5.91 Å². The fourth-order valence-electron chi connectivity index (χ4n) is 3.53. The number of anilines is 1. The van der Waals surface area contributed by atoms with Crippen LogP contribution in [0.25, 0.3) is 17.1 Å². The van der Waals surface area contributed by atoms with Crippen LogP contribution in [0.15, 0.2) is 47.8 Å². The molecule has 1 fully saturated rings. The van der Waals surface area contributed by atoms with Crippen LogP contribution in [0.5, 0.6) is 0 Å². The van der Waals surface area contributed by atoms with Crippen molar-refractivity contribution >= 4 is 40.6 Å². The van der Waals surface area contributed by atoms with Gasteiger partial charge in [0.2, 0.25) is 5.91 Å². The first kappa shape index (κ1) is 20.4. The van der Waals surface area contributed by atoms with Gasteiger partial charge in [-0.2, -0.15) is 5.10 Å². The first-order valence-electron chi connectivity index (χ1n) is 10.4. The third-order valence-corrected chi connectivity index (χ3v) is 5.71. The molecule has 1 amide bonds. The minimum Gasteiger partial charge on any atom is -0.356 e. The lowest BCUT2D eigenvalue weighted by atomic mass is 10.2. The predicted octanol–water partition coefficient (Wildman–Crippen LogP) is 3.37. The standard InChI is InChI=1S/C22H26N6OS/c1-2-30-22-25-20(27-13-6-7-14-27)18-16-24-28(21(18)26-22)15-12-23-19(29)11-10-17-8-4-3-5-9-17/h3-5,8-11,16H,2,6-7,12-15H2,1H3,(H,23,29)/b11-10-. The van der Waals surface area contributed by atoms with Crippen LogP contribution in [0, 0.1) is 0 Å². The Morgan fingerprint density at radius 1 is 1.20 bits per heavy atom. The highest BCUT2D eigenvalue weighted by molar-refractivity contribution is 7.99. The Hall–Kier alpha value is -2.87. The Labute approximate surface area is 180 Å². The molecular weight excluding hydrogens is 396 g/mol. The van der Waals surface area contributed by atoms with Gasteiger partial charge in [-0.05, 0) is 30.2 Å². The van der Waals surface area contributed by atoms with E-state index in [4.69, 9.17) is 9.97 Å². The maximum atomic E-state index is 12.1. The molecule has 0 unspecified atom stereocenters. The summed E-state index contributed by atoms with van der Waals surface area (Å²) in [6, 6.07) is 9.77. The van der Waals surface area contributed by atoms with Gasteiger partial charge in [-0.1, -0.05) is 49.0 Å². The zero-order valence-electron chi connectivity index (χ0n) is 17.1. The average molecular weight is 423 g/mol. The Morgan fingerprint density at radius 2 is 2.00 bits per heavy atom. The molecular formula is C22H26N6OS. The molecule has 0 bridgehead atoms. The van der Waals surface area contributed by atoms with Crippen LogP contribution in [-0.2, 0) is 11.3 Å². The van der Waals surface area contributed by atoms with Crippen molar-refractivity contribution in [3.63, 3.8) is 0 Å². The van der Waals surface area contributed by atoms with E-state index in [0.29, 0.717) is 13.1 Å². The van der Waals surface area contributed by atoms with Gasteiger partial charge in [0.25, 0.3) is 0 Å². The van der Waals surface area contributed by atoms with E-state index in [9.17, 15) is 4.79 Å². The first-order valence-corrected chi connectivity index (χ1v) is 11.4. The monoisotopic (exact) mass is 422 g/mol. The number of nitrogens with one attached hydrogen (secondary N) is 1. The van der Waals surface area contributed by atoms with E-state index < -0.39 is 0 Å². The van der Waals surface area contributed by atoms with Crippen LogP contribution >= 0.6 is 11.8 Å². The summed E-state index contributed by atoms with van der Waals surface area (Å²) in [4.78, 5) is 24.0. The second kappa shape index (κ2) is 9.75. The highest BCUT2D eigenvalue weighted by atomic mass is 32.2. The lowest BCUT2D eigenvalue weighted by Gasteiger charge is -2.17. The van der Waals surface area contributed by atoms with Gasteiger partial charge < -0.3 is 10.2 Å². The summed E-state index contributed by atoms with van der Waals surface area (Å²) in [6.45, 7) is 5.19. The number of rotatable bonds is 8. The molecule has 0 saturated carbocycles. The Kier molecular flexibility index (Phi) is 6.63. The average Bonchev–Trinajstić information content (AvgIpc) is 3.43. The normalized spacial score (nSPS) is 14.1. The molecule has 1 aliphatic rings. The number of nitrogens with zero attached hydrogens (tertiary/aromatic N) is 5. The SMILES string of the molecule is CCSc1nc(N2CCCC2)c2cnn(CCNC(=O)/C=C\c3ccccc3)c2n1. The van der Waals surface area contributed by atoms with Crippen LogP contribution in [0.3, 0.4) is 0 Å². The largest absolute Gasteiger partial charge is 0.356 e. The third-order valence-electron chi connectivity index (χ3n) is 4.98. The smallest absolute Gasteiger partial charge is 0.244 e. The number of carbonyl (C=O) groups excluding carboxylic acids is 1. The van der Waals surface area contributed by atoms with Gasteiger partial charge in [0.1, 0.15) is 5.82 Å². The maximum absolute atomic E-state index is 12.1. The summed E-state index contributed by atoms with van der Waals surface area (Å²) in [5, 5.41) is 9.21. The van der Waals surface area contributed by atoms with Crippen LogP contribution in [0.4, 0.5) is 5.82 Å². The molecule has 2 aromatic heterocycles. The lowest BCUT2D eigenvalue weighted by Crippen LogP contribution is -2.26. The zero-order chi connectivity index (χ0) is 20.8. The molecule has 1 aliphatic heterocycles. The molecule has 4 rings (SSSR count). The van der Waals surface area contributed by atoms with Crippen LogP contribution < -0.4 is 10.2 Å². The van der Waals surface area contributed by atoms with Gasteiger partial charge in [-0.3, -0.25) is 4.79 Å². The van der Waals surface area contributed by atoms with E-state index >= 15 is 0 Å². The molecule has 7 nitrogen and oxygen atoms in total. The minimum absolute atomic E-state index is 0.120. The fourth-order valence-corrected chi connectivity index (χ4v) is 4.09. The van der Waals surface area contributed by atoms with Crippen molar-refractivity contribution in [2.75, 3.05) is 30.3 Å². The quantitative estimate of drug-likeness (QED) is 0.341. The Bertz CT molecular complexity index is 1030. The van der Waals surface area contributed by atoms with Gasteiger partial charge in [0.15, 0.2) is 10.8 Å². The molecule has 1 aromatic carbocycles.